The molecular formula is C10H24SSi2. The van der Waals surface area contributed by atoms with Crippen LogP contribution in [0.15, 0.2) is 0 Å². The Hall–Kier alpha value is 0.784. The van der Waals surface area contributed by atoms with E-state index >= 15 is 0 Å². The van der Waals surface area contributed by atoms with E-state index in [4.69, 9.17) is 0 Å². The Labute approximate surface area is 91.1 Å². The Morgan fingerprint density at radius 2 is 2.08 bits per heavy atom. The van der Waals surface area contributed by atoms with E-state index in [1.54, 1.807) is 24.9 Å². The van der Waals surface area contributed by atoms with E-state index in [-0.39, 0.29) is 8.31 Å². The van der Waals surface area contributed by atoms with Gasteiger partial charge < -0.3 is 0 Å². The van der Waals surface area contributed by atoms with Gasteiger partial charge in [0.1, 0.15) is 0 Å². The molecular weight excluding hydrogens is 208 g/mol. The topological polar surface area (TPSA) is 0 Å². The van der Waals surface area contributed by atoms with Crippen LogP contribution in [0.25, 0.3) is 0 Å². The summed E-state index contributed by atoms with van der Waals surface area (Å²) in [7, 11) is 0.363. The molecule has 0 radical (unpaired) electrons. The van der Waals surface area contributed by atoms with Crippen molar-refractivity contribution in [2.24, 2.45) is 0 Å². The van der Waals surface area contributed by atoms with E-state index in [2.05, 4.69) is 18.1 Å². The monoisotopic (exact) mass is 232 g/mol. The number of hydrogen-bond acceptors (Lipinski definition) is 1. The van der Waals surface area contributed by atoms with Crippen molar-refractivity contribution in [1.29, 1.82) is 0 Å². The molecule has 1 saturated heterocycles. The maximum Gasteiger partial charge on any atom is 0.0753 e. The van der Waals surface area contributed by atoms with E-state index < -0.39 is 0 Å². The predicted octanol–water partition coefficient (Wildman–Crippen LogP) is 2.90. The first kappa shape index (κ1) is 11.9. The van der Waals surface area contributed by atoms with Gasteiger partial charge in [0.15, 0.2) is 0 Å². The minimum Gasteiger partial charge on any atom is -0.197 e. The van der Waals surface area contributed by atoms with Gasteiger partial charge in [-0.1, -0.05) is 51.1 Å². The molecule has 1 atom stereocenters. The Morgan fingerprint density at radius 1 is 1.23 bits per heavy atom. The first-order valence-electron chi connectivity index (χ1n) is 6.01. The van der Waals surface area contributed by atoms with Crippen LogP contribution in [-0.4, -0.2) is 22.3 Å². The molecule has 3 heteroatoms. The minimum absolute atomic E-state index is 0.0758. The molecule has 0 aromatic rings. The highest BCUT2D eigenvalue weighted by Crippen LogP contribution is 2.19. The van der Waals surface area contributed by atoms with Crippen LogP contribution in [-0.2, 0) is 0 Å². The molecule has 1 aliphatic rings. The number of hydrogen-bond donors (Lipinski definition) is 0. The zero-order valence-electron chi connectivity index (χ0n) is 9.06. The van der Waals surface area contributed by atoms with Crippen LogP contribution in [0.5, 0.6) is 0 Å². The molecule has 0 N–H and O–H groups in total. The molecule has 0 aliphatic carbocycles. The van der Waals surface area contributed by atoms with Gasteiger partial charge in [-0.2, -0.15) is 11.2 Å². The van der Waals surface area contributed by atoms with Gasteiger partial charge in [0.2, 0.25) is 0 Å². The smallest absolute Gasteiger partial charge is 0.0753 e. The molecule has 0 spiro atoms. The summed E-state index contributed by atoms with van der Waals surface area (Å²) < 4.78 is 0. The van der Waals surface area contributed by atoms with Crippen molar-refractivity contribution in [2.75, 3.05) is 5.75 Å². The van der Waals surface area contributed by atoms with Crippen molar-refractivity contribution in [3.05, 3.63) is 0 Å². The van der Waals surface area contributed by atoms with E-state index in [0.29, 0.717) is 8.19 Å². The normalized spacial score (nSPS) is 25.2. The molecule has 0 amide bonds. The lowest BCUT2D eigenvalue weighted by Crippen LogP contribution is -2.23. The van der Waals surface area contributed by atoms with Crippen molar-refractivity contribution in [2.45, 2.75) is 57.5 Å². The zero-order chi connectivity index (χ0) is 9.36. The maximum atomic E-state index is 2.37. The van der Waals surface area contributed by atoms with Crippen LogP contribution in [0, 0.1) is 0 Å². The Balaban J connectivity index is 1.86. The standard InChI is InChI=1S/C10H24SSi2/c1-2-3-4-5-6-9-13-10-7-8-11-12-13/h13H,2-10,12H2,1H3. The molecule has 1 rings (SSSR count). The molecule has 0 aromatic carbocycles. The van der Waals surface area contributed by atoms with E-state index in [0.717, 1.165) is 0 Å². The second-order valence-corrected chi connectivity index (χ2v) is 17.0. The Kier molecular flexibility index (Phi) is 7.41. The summed E-state index contributed by atoms with van der Waals surface area (Å²) >= 11 is 2.37. The van der Waals surface area contributed by atoms with Crippen LogP contribution in [0.3, 0.4) is 0 Å². The fraction of sp³-hybridized carbons (Fsp3) is 1.00. The highest BCUT2D eigenvalue weighted by molar-refractivity contribution is 8.27. The molecule has 1 heterocycles. The highest BCUT2D eigenvalue weighted by atomic mass is 32.4. The first-order chi connectivity index (χ1) is 6.43. The van der Waals surface area contributed by atoms with Crippen molar-refractivity contribution >= 4 is 27.7 Å². The second-order valence-electron chi connectivity index (χ2n) is 4.29. The predicted molar refractivity (Wildman–Crippen MR) is 71.1 cm³/mol. The minimum atomic E-state index is -0.0758. The summed E-state index contributed by atoms with van der Waals surface area (Å²) in [4.78, 5) is 0. The summed E-state index contributed by atoms with van der Waals surface area (Å²) in [6.45, 7) is 2.30. The van der Waals surface area contributed by atoms with Crippen LogP contribution in [0.1, 0.15) is 45.4 Å². The first-order valence-corrected chi connectivity index (χ1v) is 13.8. The van der Waals surface area contributed by atoms with Gasteiger partial charge >= 0.3 is 0 Å². The lowest BCUT2D eigenvalue weighted by Gasteiger charge is -2.18. The SMILES string of the molecule is CCCCCCC[SiH]1CCCS[SiH2]1. The van der Waals surface area contributed by atoms with Crippen molar-refractivity contribution in [3.63, 3.8) is 0 Å². The van der Waals surface area contributed by atoms with E-state index in [1.807, 2.05) is 0 Å². The van der Waals surface area contributed by atoms with Gasteiger partial charge in [0.05, 0.1) is 8.19 Å². The summed E-state index contributed by atoms with van der Waals surface area (Å²) in [5.41, 5.74) is 0. The van der Waals surface area contributed by atoms with Crippen molar-refractivity contribution < 1.29 is 0 Å². The fourth-order valence-corrected chi connectivity index (χ4v) is 17.9. The molecule has 0 saturated carbocycles. The zero-order valence-corrected chi connectivity index (χ0v) is 12.4. The molecule has 1 unspecified atom stereocenters. The van der Waals surface area contributed by atoms with Gasteiger partial charge in [-0.3, -0.25) is 0 Å². The van der Waals surface area contributed by atoms with Gasteiger partial charge in [-0.05, 0) is 12.2 Å². The van der Waals surface area contributed by atoms with Crippen LogP contribution in [0.4, 0.5) is 0 Å². The summed E-state index contributed by atoms with van der Waals surface area (Å²) in [6.07, 6.45) is 9.07. The molecule has 0 nitrogen and oxygen atoms in total. The number of unbranched alkanes of at least 4 members (excludes halogenated alkanes) is 4. The Bertz CT molecular complexity index is 113. The lowest BCUT2D eigenvalue weighted by atomic mass is 10.2. The third-order valence-electron chi connectivity index (χ3n) is 2.97. The summed E-state index contributed by atoms with van der Waals surface area (Å²) in [5, 5.41) is 0. The van der Waals surface area contributed by atoms with Crippen LogP contribution >= 0.6 is 11.2 Å². The van der Waals surface area contributed by atoms with Gasteiger partial charge in [-0.15, -0.1) is 0 Å². The van der Waals surface area contributed by atoms with Gasteiger partial charge in [0, 0.05) is 8.31 Å². The summed E-state index contributed by atoms with van der Waals surface area (Å²) in [5.74, 6) is 1.52. The van der Waals surface area contributed by atoms with Gasteiger partial charge in [0.25, 0.3) is 0 Å². The Morgan fingerprint density at radius 3 is 2.77 bits per heavy atom. The van der Waals surface area contributed by atoms with E-state index in [1.165, 1.54) is 31.4 Å². The molecule has 1 fully saturated rings. The molecule has 0 bridgehead atoms. The van der Waals surface area contributed by atoms with Crippen molar-refractivity contribution in [3.8, 4) is 0 Å². The van der Waals surface area contributed by atoms with Crippen molar-refractivity contribution in [1.82, 2.24) is 0 Å². The third kappa shape index (κ3) is 5.97. The molecule has 78 valence electrons. The molecule has 0 aromatic heterocycles. The third-order valence-corrected chi connectivity index (χ3v) is 18.5. The highest BCUT2D eigenvalue weighted by Gasteiger charge is 2.14. The van der Waals surface area contributed by atoms with E-state index in [9.17, 15) is 0 Å². The lowest BCUT2D eigenvalue weighted by molar-refractivity contribution is 0.654. The van der Waals surface area contributed by atoms with Crippen LogP contribution in [0.2, 0.25) is 12.1 Å². The van der Waals surface area contributed by atoms with Gasteiger partial charge in [-0.25, -0.2) is 0 Å². The molecule has 1 aliphatic heterocycles. The number of rotatable bonds is 6. The fourth-order valence-electron chi connectivity index (χ4n) is 2.07. The quantitative estimate of drug-likeness (QED) is 0.501. The average molecular weight is 233 g/mol. The second kappa shape index (κ2) is 8.12. The maximum absolute atomic E-state index is 2.37. The summed E-state index contributed by atoms with van der Waals surface area (Å²) in [6, 6.07) is 3.43. The molecule has 13 heavy (non-hydrogen) atoms. The largest absolute Gasteiger partial charge is 0.197 e. The average Bonchev–Trinajstić information content (AvgIpc) is 2.19. The van der Waals surface area contributed by atoms with Crippen LogP contribution < -0.4 is 0 Å².